The lowest BCUT2D eigenvalue weighted by atomic mass is 10.1. The zero-order valence-corrected chi connectivity index (χ0v) is 14.6. The highest BCUT2D eigenvalue weighted by Gasteiger charge is 2.16. The Balaban J connectivity index is 1.97. The zero-order chi connectivity index (χ0) is 17.7. The molecule has 0 unspecified atom stereocenters. The predicted molar refractivity (Wildman–Crippen MR) is 108 cm³/mol. The second-order valence-electron chi connectivity index (χ2n) is 6.46. The second kappa shape index (κ2) is 5.75. The number of hydrogen-bond donors (Lipinski definition) is 1. The summed E-state index contributed by atoms with van der Waals surface area (Å²) in [4.78, 5) is 15.7. The van der Waals surface area contributed by atoms with Crippen LogP contribution < -0.4 is 5.56 Å². The molecule has 0 amide bonds. The molecule has 0 atom stereocenters. The van der Waals surface area contributed by atoms with Crippen LogP contribution in [0.2, 0.25) is 5.02 Å². The normalized spacial score (nSPS) is 11.6. The average Bonchev–Trinajstić information content (AvgIpc) is 2.96. The Kier molecular flexibility index (Phi) is 3.37. The summed E-state index contributed by atoms with van der Waals surface area (Å²) in [5.41, 5.74) is 4.05. The first kappa shape index (κ1) is 15.2. The van der Waals surface area contributed by atoms with E-state index in [0.29, 0.717) is 10.4 Å². The van der Waals surface area contributed by atoms with Gasteiger partial charge in [-0.3, -0.25) is 4.79 Å². The molecule has 0 spiro atoms. The molecule has 126 valence electrons. The highest BCUT2D eigenvalue weighted by molar-refractivity contribution is 6.32. The quantitative estimate of drug-likeness (QED) is 0.454. The van der Waals surface area contributed by atoms with Gasteiger partial charge in [0.05, 0.1) is 16.6 Å². The Morgan fingerprint density at radius 3 is 2.38 bits per heavy atom. The molecule has 0 bridgehead atoms. The van der Waals surface area contributed by atoms with E-state index in [1.54, 1.807) is 0 Å². The topological polar surface area (TPSA) is 37.8 Å². The van der Waals surface area contributed by atoms with E-state index in [1.807, 2.05) is 60.7 Å². The van der Waals surface area contributed by atoms with E-state index in [1.165, 1.54) is 5.56 Å². The smallest absolute Gasteiger partial charge is 0.256 e. The monoisotopic (exact) mass is 358 g/mol. The van der Waals surface area contributed by atoms with Crippen LogP contribution in [0.3, 0.4) is 0 Å². The first-order valence-electron chi connectivity index (χ1n) is 8.49. The molecule has 2 heterocycles. The van der Waals surface area contributed by atoms with Crippen molar-refractivity contribution in [3.8, 4) is 0 Å². The van der Waals surface area contributed by atoms with Gasteiger partial charge in [0, 0.05) is 27.7 Å². The maximum Gasteiger partial charge on any atom is 0.256 e. The van der Waals surface area contributed by atoms with Crippen LogP contribution >= 0.6 is 11.6 Å². The van der Waals surface area contributed by atoms with Gasteiger partial charge in [-0.15, -0.1) is 0 Å². The first-order chi connectivity index (χ1) is 12.7. The number of halogens is 1. The van der Waals surface area contributed by atoms with Crippen LogP contribution in [-0.2, 0) is 6.54 Å². The van der Waals surface area contributed by atoms with Gasteiger partial charge in [-0.25, -0.2) is 0 Å². The Morgan fingerprint density at radius 1 is 0.846 bits per heavy atom. The zero-order valence-electron chi connectivity index (χ0n) is 13.9. The SMILES string of the molecule is O=c1[nH]c2c3cc(Cl)ccc3n(Cc3ccccc3)c2c2ccccc12. The fraction of sp³-hybridized carbons (Fsp3) is 0.0455. The number of benzene rings is 3. The van der Waals surface area contributed by atoms with Crippen LogP contribution in [0.25, 0.3) is 32.7 Å². The summed E-state index contributed by atoms with van der Waals surface area (Å²) < 4.78 is 2.26. The summed E-state index contributed by atoms with van der Waals surface area (Å²) >= 11 is 6.25. The number of aromatic nitrogens is 2. The van der Waals surface area contributed by atoms with Crippen molar-refractivity contribution in [3.63, 3.8) is 0 Å². The summed E-state index contributed by atoms with van der Waals surface area (Å²) in [5, 5.41) is 3.27. The van der Waals surface area contributed by atoms with Gasteiger partial charge in [-0.1, -0.05) is 60.1 Å². The standard InChI is InChI=1S/C22H15ClN2O/c23-15-10-11-19-18(12-15)20-21(25(19)13-14-6-2-1-3-7-14)16-8-4-5-9-17(16)22(26)24-20/h1-12H,13H2,(H,24,26). The number of nitrogens with zero attached hydrogens (tertiary/aromatic N) is 1. The number of fused-ring (bicyclic) bond motifs is 5. The van der Waals surface area contributed by atoms with Crippen LogP contribution in [-0.4, -0.2) is 9.55 Å². The van der Waals surface area contributed by atoms with E-state index in [9.17, 15) is 4.79 Å². The summed E-state index contributed by atoms with van der Waals surface area (Å²) in [6.07, 6.45) is 0. The van der Waals surface area contributed by atoms with Crippen LogP contribution in [0.15, 0.2) is 77.6 Å². The molecule has 0 fully saturated rings. The number of hydrogen-bond acceptors (Lipinski definition) is 1. The largest absolute Gasteiger partial charge is 0.334 e. The van der Waals surface area contributed by atoms with Crippen molar-refractivity contribution in [1.29, 1.82) is 0 Å². The Hall–Kier alpha value is -3.04. The van der Waals surface area contributed by atoms with E-state index < -0.39 is 0 Å². The van der Waals surface area contributed by atoms with E-state index in [0.717, 1.165) is 33.9 Å². The molecule has 3 nitrogen and oxygen atoms in total. The fourth-order valence-corrected chi connectivity index (χ4v) is 3.90. The molecule has 0 aliphatic rings. The third-order valence-corrected chi connectivity index (χ3v) is 5.11. The molecule has 0 saturated carbocycles. The molecule has 4 heteroatoms. The van der Waals surface area contributed by atoms with Crippen molar-refractivity contribution >= 4 is 44.3 Å². The molecule has 1 N–H and O–H groups in total. The fourth-order valence-electron chi connectivity index (χ4n) is 3.73. The molecule has 26 heavy (non-hydrogen) atoms. The minimum absolute atomic E-state index is 0.0770. The minimum Gasteiger partial charge on any atom is -0.334 e. The first-order valence-corrected chi connectivity index (χ1v) is 8.86. The molecule has 3 aromatic carbocycles. The van der Waals surface area contributed by atoms with E-state index in [-0.39, 0.29) is 5.56 Å². The Bertz CT molecular complexity index is 1330. The van der Waals surface area contributed by atoms with E-state index >= 15 is 0 Å². The van der Waals surface area contributed by atoms with Gasteiger partial charge in [-0.2, -0.15) is 0 Å². The minimum atomic E-state index is -0.0770. The highest BCUT2D eigenvalue weighted by atomic mass is 35.5. The average molecular weight is 359 g/mol. The molecule has 5 aromatic rings. The van der Waals surface area contributed by atoms with Gasteiger partial charge in [0.15, 0.2) is 0 Å². The molecule has 0 radical (unpaired) electrons. The number of rotatable bonds is 2. The molecular weight excluding hydrogens is 344 g/mol. The number of H-pyrrole nitrogens is 1. The lowest BCUT2D eigenvalue weighted by Gasteiger charge is -2.09. The number of nitrogens with one attached hydrogen (secondary N) is 1. The van der Waals surface area contributed by atoms with Gasteiger partial charge in [-0.05, 0) is 29.8 Å². The van der Waals surface area contributed by atoms with Crippen molar-refractivity contribution in [1.82, 2.24) is 9.55 Å². The second-order valence-corrected chi connectivity index (χ2v) is 6.89. The Labute approximate surface area is 154 Å². The van der Waals surface area contributed by atoms with Crippen molar-refractivity contribution in [3.05, 3.63) is 93.7 Å². The molecular formula is C22H15ClN2O. The van der Waals surface area contributed by atoms with Crippen molar-refractivity contribution in [2.75, 3.05) is 0 Å². The predicted octanol–water partition coefficient (Wildman–Crippen LogP) is 5.34. The lowest BCUT2D eigenvalue weighted by molar-refractivity contribution is 0.871. The van der Waals surface area contributed by atoms with Gasteiger partial charge in [0.25, 0.3) is 5.56 Å². The summed E-state index contributed by atoms with van der Waals surface area (Å²) in [5.74, 6) is 0. The summed E-state index contributed by atoms with van der Waals surface area (Å²) in [6.45, 7) is 0.721. The van der Waals surface area contributed by atoms with Gasteiger partial charge in [0.1, 0.15) is 0 Å². The van der Waals surface area contributed by atoms with E-state index in [4.69, 9.17) is 11.6 Å². The summed E-state index contributed by atoms with van der Waals surface area (Å²) in [6, 6.07) is 23.9. The number of pyridine rings is 1. The molecule has 0 saturated heterocycles. The van der Waals surface area contributed by atoms with Crippen LogP contribution in [0, 0.1) is 0 Å². The van der Waals surface area contributed by atoms with Crippen molar-refractivity contribution in [2.45, 2.75) is 6.54 Å². The molecule has 0 aliphatic heterocycles. The maximum atomic E-state index is 12.6. The Morgan fingerprint density at radius 2 is 1.58 bits per heavy atom. The molecule has 2 aromatic heterocycles. The van der Waals surface area contributed by atoms with Crippen molar-refractivity contribution < 1.29 is 0 Å². The van der Waals surface area contributed by atoms with Gasteiger partial charge < -0.3 is 9.55 Å². The third-order valence-electron chi connectivity index (χ3n) is 4.87. The number of aromatic amines is 1. The van der Waals surface area contributed by atoms with Crippen molar-refractivity contribution in [2.24, 2.45) is 0 Å². The maximum absolute atomic E-state index is 12.6. The van der Waals surface area contributed by atoms with Crippen LogP contribution in [0.1, 0.15) is 5.56 Å². The lowest BCUT2D eigenvalue weighted by Crippen LogP contribution is -2.07. The van der Waals surface area contributed by atoms with Gasteiger partial charge >= 0.3 is 0 Å². The van der Waals surface area contributed by atoms with Crippen LogP contribution in [0.4, 0.5) is 0 Å². The summed E-state index contributed by atoms with van der Waals surface area (Å²) in [7, 11) is 0. The molecule has 5 rings (SSSR count). The highest BCUT2D eigenvalue weighted by Crippen LogP contribution is 2.33. The molecule has 0 aliphatic carbocycles. The third kappa shape index (κ3) is 2.25. The van der Waals surface area contributed by atoms with E-state index in [2.05, 4.69) is 21.7 Å². The van der Waals surface area contributed by atoms with Gasteiger partial charge in [0.2, 0.25) is 0 Å². The van der Waals surface area contributed by atoms with Crippen LogP contribution in [0.5, 0.6) is 0 Å².